The average molecular weight is 208 g/mol. The predicted octanol–water partition coefficient (Wildman–Crippen LogP) is 2.29. The Morgan fingerprint density at radius 3 is 2.43 bits per heavy atom. The molecule has 0 aliphatic carbocycles. The van der Waals surface area contributed by atoms with Gasteiger partial charge >= 0.3 is 6.18 Å². The van der Waals surface area contributed by atoms with Crippen molar-refractivity contribution in [2.24, 2.45) is 0 Å². The molecule has 1 rings (SSSR count). The van der Waals surface area contributed by atoms with E-state index in [0.717, 1.165) is 12.1 Å². The van der Waals surface area contributed by atoms with E-state index in [2.05, 4.69) is 0 Å². The molecule has 0 saturated carbocycles. The maximum absolute atomic E-state index is 12.6. The minimum atomic E-state index is -4.66. The molecular weight excluding hydrogens is 200 g/mol. The van der Waals surface area contributed by atoms with Gasteiger partial charge in [-0.05, 0) is 17.7 Å². The normalized spacial score (nSPS) is 14.1. The van der Waals surface area contributed by atoms with Gasteiger partial charge < -0.3 is 5.11 Å². The van der Waals surface area contributed by atoms with Gasteiger partial charge in [0.2, 0.25) is 0 Å². The van der Waals surface area contributed by atoms with Crippen LogP contribution in [0.1, 0.15) is 5.56 Å². The maximum Gasteiger partial charge on any atom is 0.414 e. The van der Waals surface area contributed by atoms with Gasteiger partial charge in [-0.25, -0.2) is 4.39 Å². The van der Waals surface area contributed by atoms with Crippen LogP contribution in [-0.2, 0) is 6.42 Å². The Kier molecular flexibility index (Phi) is 3.10. The SMILES string of the molecule is O[C@@H](Cc1cccc(F)c1)C(F)(F)F. The molecule has 0 saturated heterocycles. The zero-order chi connectivity index (χ0) is 10.8. The molecule has 0 amide bonds. The fourth-order valence-corrected chi connectivity index (χ4v) is 1.00. The topological polar surface area (TPSA) is 20.2 Å². The molecule has 1 N–H and O–H groups in total. The van der Waals surface area contributed by atoms with Crippen molar-refractivity contribution in [3.63, 3.8) is 0 Å². The lowest BCUT2D eigenvalue weighted by Crippen LogP contribution is -2.30. The minimum absolute atomic E-state index is 0.120. The van der Waals surface area contributed by atoms with Crippen molar-refractivity contribution in [3.8, 4) is 0 Å². The summed E-state index contributed by atoms with van der Waals surface area (Å²) in [6, 6.07) is 4.73. The average Bonchev–Trinajstić information content (AvgIpc) is 2.02. The number of rotatable bonds is 2. The Bertz CT molecular complexity index is 308. The summed E-state index contributed by atoms with van der Waals surface area (Å²) in [5.74, 6) is -0.614. The summed E-state index contributed by atoms with van der Waals surface area (Å²) in [7, 11) is 0. The Morgan fingerprint density at radius 2 is 1.93 bits per heavy atom. The predicted molar refractivity (Wildman–Crippen MR) is 42.2 cm³/mol. The van der Waals surface area contributed by atoms with Crippen LogP contribution in [0.15, 0.2) is 24.3 Å². The van der Waals surface area contributed by atoms with Crippen LogP contribution in [0.4, 0.5) is 17.6 Å². The first kappa shape index (κ1) is 11.0. The Balaban J connectivity index is 2.70. The van der Waals surface area contributed by atoms with Gasteiger partial charge in [0.25, 0.3) is 0 Å². The van der Waals surface area contributed by atoms with Gasteiger partial charge in [0, 0.05) is 6.42 Å². The molecular formula is C9H8F4O. The second kappa shape index (κ2) is 3.96. The van der Waals surface area contributed by atoms with Crippen LogP contribution in [0.25, 0.3) is 0 Å². The third kappa shape index (κ3) is 2.99. The highest BCUT2D eigenvalue weighted by molar-refractivity contribution is 5.17. The highest BCUT2D eigenvalue weighted by Crippen LogP contribution is 2.23. The van der Waals surface area contributed by atoms with Crippen LogP contribution in [-0.4, -0.2) is 17.4 Å². The van der Waals surface area contributed by atoms with Crippen molar-refractivity contribution in [1.82, 2.24) is 0 Å². The molecule has 0 unspecified atom stereocenters. The molecule has 1 aromatic carbocycles. The van der Waals surface area contributed by atoms with Crippen LogP contribution >= 0.6 is 0 Å². The van der Waals surface area contributed by atoms with Crippen molar-refractivity contribution in [2.75, 3.05) is 0 Å². The van der Waals surface area contributed by atoms with Crippen LogP contribution in [0.2, 0.25) is 0 Å². The maximum atomic E-state index is 12.6. The van der Waals surface area contributed by atoms with Gasteiger partial charge in [-0.1, -0.05) is 12.1 Å². The van der Waals surface area contributed by atoms with Crippen LogP contribution in [0.3, 0.4) is 0 Å². The van der Waals surface area contributed by atoms with E-state index in [1.165, 1.54) is 12.1 Å². The summed E-state index contributed by atoms with van der Waals surface area (Å²) < 4.78 is 48.2. The van der Waals surface area contributed by atoms with Crippen molar-refractivity contribution in [2.45, 2.75) is 18.7 Å². The van der Waals surface area contributed by atoms with E-state index in [0.29, 0.717) is 0 Å². The first-order valence-electron chi connectivity index (χ1n) is 3.89. The zero-order valence-corrected chi connectivity index (χ0v) is 7.05. The van der Waals surface area contributed by atoms with E-state index in [9.17, 15) is 17.6 Å². The number of aliphatic hydroxyl groups excluding tert-OH is 1. The summed E-state index contributed by atoms with van der Waals surface area (Å²) in [6.07, 6.45) is -7.72. The van der Waals surface area contributed by atoms with Crippen LogP contribution in [0.5, 0.6) is 0 Å². The quantitative estimate of drug-likeness (QED) is 0.739. The van der Waals surface area contributed by atoms with Crippen molar-refractivity contribution in [1.29, 1.82) is 0 Å². The molecule has 0 spiro atoms. The van der Waals surface area contributed by atoms with E-state index in [4.69, 9.17) is 5.11 Å². The Hall–Kier alpha value is -1.10. The number of alkyl halides is 3. The van der Waals surface area contributed by atoms with Gasteiger partial charge in [-0.2, -0.15) is 13.2 Å². The lowest BCUT2D eigenvalue weighted by molar-refractivity contribution is -0.203. The first-order chi connectivity index (χ1) is 6.39. The van der Waals surface area contributed by atoms with Crippen molar-refractivity contribution >= 4 is 0 Å². The molecule has 5 heteroatoms. The van der Waals surface area contributed by atoms with E-state index < -0.39 is 24.5 Å². The molecule has 0 aliphatic heterocycles. The number of hydrogen-bond acceptors (Lipinski definition) is 1. The summed E-state index contributed by atoms with van der Waals surface area (Å²) in [4.78, 5) is 0. The molecule has 0 fully saturated rings. The molecule has 0 aliphatic rings. The largest absolute Gasteiger partial charge is 0.414 e. The number of halogens is 4. The first-order valence-corrected chi connectivity index (χ1v) is 3.89. The second-order valence-corrected chi connectivity index (χ2v) is 2.89. The molecule has 0 radical (unpaired) electrons. The number of aliphatic hydroxyl groups is 1. The Morgan fingerprint density at radius 1 is 1.29 bits per heavy atom. The fourth-order valence-electron chi connectivity index (χ4n) is 1.00. The van der Waals surface area contributed by atoms with Crippen molar-refractivity contribution < 1.29 is 22.7 Å². The van der Waals surface area contributed by atoms with E-state index in [1.807, 2.05) is 0 Å². The monoisotopic (exact) mass is 208 g/mol. The summed E-state index contributed by atoms with van der Waals surface area (Å²) in [5, 5.41) is 8.68. The molecule has 0 heterocycles. The van der Waals surface area contributed by atoms with E-state index in [-0.39, 0.29) is 5.56 Å². The van der Waals surface area contributed by atoms with Gasteiger partial charge in [-0.15, -0.1) is 0 Å². The second-order valence-electron chi connectivity index (χ2n) is 2.89. The lowest BCUT2D eigenvalue weighted by atomic mass is 10.1. The zero-order valence-electron chi connectivity index (χ0n) is 7.05. The summed E-state index contributed by atoms with van der Waals surface area (Å²) in [5.41, 5.74) is 0.120. The van der Waals surface area contributed by atoms with Gasteiger partial charge in [0.1, 0.15) is 5.82 Å². The Labute approximate surface area is 78.0 Å². The van der Waals surface area contributed by atoms with Crippen LogP contribution < -0.4 is 0 Å². The molecule has 0 aromatic heterocycles. The number of benzene rings is 1. The lowest BCUT2D eigenvalue weighted by Gasteiger charge is -2.14. The standard InChI is InChI=1S/C9H8F4O/c10-7-3-1-2-6(4-7)5-8(14)9(11,12)13/h1-4,8,14H,5H2/t8-/m0/s1. The van der Waals surface area contributed by atoms with E-state index >= 15 is 0 Å². The highest BCUT2D eigenvalue weighted by Gasteiger charge is 2.37. The molecule has 1 atom stereocenters. The van der Waals surface area contributed by atoms with Gasteiger partial charge in [0.15, 0.2) is 6.10 Å². The third-order valence-corrected chi connectivity index (χ3v) is 1.70. The van der Waals surface area contributed by atoms with Gasteiger partial charge in [-0.3, -0.25) is 0 Å². The molecule has 0 bridgehead atoms. The van der Waals surface area contributed by atoms with E-state index in [1.54, 1.807) is 0 Å². The smallest absolute Gasteiger partial charge is 0.383 e. The molecule has 14 heavy (non-hydrogen) atoms. The fraction of sp³-hybridized carbons (Fsp3) is 0.333. The third-order valence-electron chi connectivity index (χ3n) is 1.70. The van der Waals surface area contributed by atoms with Crippen LogP contribution in [0, 0.1) is 5.82 Å². The number of hydrogen-bond donors (Lipinski definition) is 1. The molecule has 78 valence electrons. The summed E-state index contributed by atoms with van der Waals surface area (Å²) >= 11 is 0. The van der Waals surface area contributed by atoms with Crippen molar-refractivity contribution in [3.05, 3.63) is 35.6 Å². The highest BCUT2D eigenvalue weighted by atomic mass is 19.4. The summed E-state index contributed by atoms with van der Waals surface area (Å²) in [6.45, 7) is 0. The minimum Gasteiger partial charge on any atom is -0.383 e. The molecule has 1 nitrogen and oxygen atoms in total. The molecule has 1 aromatic rings. The van der Waals surface area contributed by atoms with Gasteiger partial charge in [0.05, 0.1) is 0 Å².